The Bertz CT molecular complexity index is 824. The molecule has 0 atom stereocenters. The second kappa shape index (κ2) is 6.56. The molecule has 0 unspecified atom stereocenters. The van der Waals surface area contributed by atoms with Gasteiger partial charge in [0.2, 0.25) is 11.7 Å². The van der Waals surface area contributed by atoms with Crippen LogP contribution in [0.1, 0.15) is 24.1 Å². The molecule has 1 aliphatic carbocycles. The molecule has 128 valence electrons. The summed E-state index contributed by atoms with van der Waals surface area (Å²) < 4.78 is 7.18. The van der Waals surface area contributed by atoms with E-state index in [2.05, 4.69) is 15.2 Å². The molecule has 0 radical (unpaired) electrons. The molecule has 0 bridgehead atoms. The number of rotatable bonds is 3. The average molecular weight is 349 g/mol. The summed E-state index contributed by atoms with van der Waals surface area (Å²) in [6.07, 6.45) is 3.72. The van der Waals surface area contributed by atoms with Crippen LogP contribution in [0.5, 0.6) is 0 Å². The third-order valence-corrected chi connectivity index (χ3v) is 5.44. The van der Waals surface area contributed by atoms with Crippen LogP contribution in [0.3, 0.4) is 0 Å². The number of aromatic nitrogens is 4. The first-order valence-electron chi connectivity index (χ1n) is 8.21. The van der Waals surface area contributed by atoms with Gasteiger partial charge in [0.25, 0.3) is 5.56 Å². The number of amides is 1. The van der Waals surface area contributed by atoms with Gasteiger partial charge < -0.3 is 9.64 Å². The van der Waals surface area contributed by atoms with Crippen molar-refractivity contribution in [3.63, 3.8) is 0 Å². The maximum Gasteiger partial charge on any atom is 0.255 e. The Morgan fingerprint density at radius 1 is 1.21 bits per heavy atom. The lowest BCUT2D eigenvalue weighted by Gasteiger charge is -2.26. The van der Waals surface area contributed by atoms with Crippen molar-refractivity contribution in [3.05, 3.63) is 21.6 Å². The molecule has 2 aromatic heterocycles. The summed E-state index contributed by atoms with van der Waals surface area (Å²) in [7, 11) is 0. The van der Waals surface area contributed by atoms with E-state index in [4.69, 9.17) is 4.74 Å². The van der Waals surface area contributed by atoms with Crippen LogP contribution in [0, 0.1) is 0 Å². The van der Waals surface area contributed by atoms with Crippen molar-refractivity contribution < 1.29 is 9.53 Å². The molecule has 1 amide bonds. The van der Waals surface area contributed by atoms with Gasteiger partial charge in [-0.15, -0.1) is 10.2 Å². The molecular weight excluding hydrogens is 330 g/mol. The molecular formula is C15H19N5O3S. The number of fused-ring (bicyclic) bond motifs is 3. The van der Waals surface area contributed by atoms with Gasteiger partial charge in [0, 0.05) is 24.3 Å². The molecule has 1 aliphatic heterocycles. The molecule has 2 aromatic rings. The van der Waals surface area contributed by atoms with Crippen LogP contribution < -0.4 is 5.56 Å². The number of aromatic amines is 1. The van der Waals surface area contributed by atoms with Crippen molar-refractivity contribution in [2.45, 2.75) is 30.8 Å². The summed E-state index contributed by atoms with van der Waals surface area (Å²) in [4.78, 5) is 29.1. The lowest BCUT2D eigenvalue weighted by Crippen LogP contribution is -2.41. The normalized spacial score (nSPS) is 17.9. The largest absolute Gasteiger partial charge is 0.378 e. The molecule has 24 heavy (non-hydrogen) atoms. The summed E-state index contributed by atoms with van der Waals surface area (Å²) in [5.41, 5.74) is 1.76. The third kappa shape index (κ3) is 2.82. The summed E-state index contributed by atoms with van der Waals surface area (Å²) in [5, 5.41) is 8.91. The zero-order chi connectivity index (χ0) is 16.5. The fraction of sp³-hybridized carbons (Fsp3) is 0.600. The Kier molecular flexibility index (Phi) is 4.28. The average Bonchev–Trinajstić information content (AvgIpc) is 3.03. The van der Waals surface area contributed by atoms with Crippen molar-refractivity contribution >= 4 is 23.4 Å². The molecule has 0 spiro atoms. The van der Waals surface area contributed by atoms with Gasteiger partial charge in [0.15, 0.2) is 5.16 Å². The number of morpholine rings is 1. The summed E-state index contributed by atoms with van der Waals surface area (Å²) >= 11 is 1.37. The predicted octanol–water partition coefficient (Wildman–Crippen LogP) is 0.247. The molecule has 0 saturated carbocycles. The van der Waals surface area contributed by atoms with Gasteiger partial charge >= 0.3 is 0 Å². The quantitative estimate of drug-likeness (QED) is 0.799. The number of thioether (sulfide) groups is 1. The maximum absolute atomic E-state index is 12.3. The Morgan fingerprint density at radius 3 is 2.83 bits per heavy atom. The fourth-order valence-electron chi connectivity index (χ4n) is 3.28. The van der Waals surface area contributed by atoms with Crippen LogP contribution in [0.2, 0.25) is 0 Å². The van der Waals surface area contributed by atoms with Crippen LogP contribution in [-0.4, -0.2) is 62.4 Å². The Hall–Kier alpha value is -1.87. The Balaban J connectivity index is 1.58. The van der Waals surface area contributed by atoms with Crippen molar-refractivity contribution in [2.24, 2.45) is 0 Å². The summed E-state index contributed by atoms with van der Waals surface area (Å²) in [6, 6.07) is 0. The predicted molar refractivity (Wildman–Crippen MR) is 88.4 cm³/mol. The van der Waals surface area contributed by atoms with E-state index in [0.29, 0.717) is 43.0 Å². The van der Waals surface area contributed by atoms with Crippen molar-refractivity contribution in [1.29, 1.82) is 0 Å². The number of ether oxygens (including phenoxy) is 1. The molecule has 8 nitrogen and oxygen atoms in total. The highest BCUT2D eigenvalue weighted by atomic mass is 32.2. The second-order valence-corrected chi connectivity index (χ2v) is 6.95. The number of carbonyl (C=O) groups is 1. The number of nitrogens with one attached hydrogen (secondary N) is 1. The topological polar surface area (TPSA) is 92.6 Å². The SMILES string of the molecule is O=C(CSc1nnc2[nH]c(=O)c3c(n12)CCCC3)N1CCOCC1. The van der Waals surface area contributed by atoms with Gasteiger partial charge in [-0.1, -0.05) is 11.8 Å². The van der Waals surface area contributed by atoms with Crippen LogP contribution >= 0.6 is 11.8 Å². The second-order valence-electron chi connectivity index (χ2n) is 6.01. The van der Waals surface area contributed by atoms with E-state index in [1.165, 1.54) is 11.8 Å². The van der Waals surface area contributed by atoms with Crippen molar-refractivity contribution in [1.82, 2.24) is 24.5 Å². The number of aryl methyl sites for hydroxylation is 1. The lowest BCUT2D eigenvalue weighted by molar-refractivity contribution is -0.132. The minimum atomic E-state index is -0.0643. The van der Waals surface area contributed by atoms with Gasteiger partial charge in [-0.25, -0.2) is 0 Å². The van der Waals surface area contributed by atoms with E-state index in [1.54, 1.807) is 0 Å². The van der Waals surface area contributed by atoms with Crippen LogP contribution in [0.15, 0.2) is 9.95 Å². The molecule has 4 rings (SSSR count). The highest BCUT2D eigenvalue weighted by Crippen LogP contribution is 2.23. The third-order valence-electron chi connectivity index (χ3n) is 4.53. The van der Waals surface area contributed by atoms with E-state index in [1.807, 2.05) is 9.30 Å². The zero-order valence-electron chi connectivity index (χ0n) is 13.3. The summed E-state index contributed by atoms with van der Waals surface area (Å²) in [6.45, 7) is 2.48. The Morgan fingerprint density at radius 2 is 2.00 bits per heavy atom. The number of nitrogens with zero attached hydrogens (tertiary/aromatic N) is 4. The number of hydrogen-bond acceptors (Lipinski definition) is 6. The molecule has 0 aromatic carbocycles. The van der Waals surface area contributed by atoms with Crippen molar-refractivity contribution in [3.8, 4) is 0 Å². The minimum Gasteiger partial charge on any atom is -0.378 e. The Labute approximate surface area is 142 Å². The number of hydrogen-bond donors (Lipinski definition) is 1. The molecule has 2 aliphatic rings. The smallest absolute Gasteiger partial charge is 0.255 e. The highest BCUT2D eigenvalue weighted by molar-refractivity contribution is 7.99. The molecule has 9 heteroatoms. The van der Waals surface area contributed by atoms with Gasteiger partial charge in [-0.3, -0.25) is 19.0 Å². The van der Waals surface area contributed by atoms with Gasteiger partial charge in [0.1, 0.15) is 0 Å². The first-order valence-corrected chi connectivity index (χ1v) is 9.20. The first kappa shape index (κ1) is 15.6. The molecule has 1 fully saturated rings. The van der Waals surface area contributed by atoms with Gasteiger partial charge in [-0.05, 0) is 25.7 Å². The first-order chi connectivity index (χ1) is 11.7. The van der Waals surface area contributed by atoms with Crippen LogP contribution in [0.4, 0.5) is 0 Å². The van der Waals surface area contributed by atoms with Crippen molar-refractivity contribution in [2.75, 3.05) is 32.1 Å². The van der Waals surface area contributed by atoms with E-state index in [-0.39, 0.29) is 11.5 Å². The van der Waals surface area contributed by atoms with E-state index >= 15 is 0 Å². The number of carbonyl (C=O) groups excluding carboxylic acids is 1. The zero-order valence-corrected chi connectivity index (χ0v) is 14.1. The molecule has 1 N–H and O–H groups in total. The van der Waals surface area contributed by atoms with E-state index in [9.17, 15) is 9.59 Å². The van der Waals surface area contributed by atoms with E-state index < -0.39 is 0 Å². The molecule has 3 heterocycles. The fourth-order valence-corrected chi connectivity index (χ4v) is 4.14. The van der Waals surface area contributed by atoms with Crippen LogP contribution in [0.25, 0.3) is 5.78 Å². The summed E-state index contributed by atoms with van der Waals surface area (Å²) in [5.74, 6) is 0.856. The van der Waals surface area contributed by atoms with E-state index in [0.717, 1.165) is 36.9 Å². The molecule has 1 saturated heterocycles. The number of H-pyrrole nitrogens is 1. The maximum atomic E-state index is 12.3. The minimum absolute atomic E-state index is 0.0643. The highest BCUT2D eigenvalue weighted by Gasteiger charge is 2.22. The lowest BCUT2D eigenvalue weighted by atomic mass is 9.97. The van der Waals surface area contributed by atoms with Crippen LogP contribution in [-0.2, 0) is 22.4 Å². The van der Waals surface area contributed by atoms with Gasteiger partial charge in [0.05, 0.1) is 19.0 Å². The standard InChI is InChI=1S/C15H19N5O3S/c21-12(19-5-7-23-8-6-19)9-24-15-18-17-14-16-13(22)10-3-1-2-4-11(10)20(14)15/h1-9H2,(H,16,17,22). The van der Waals surface area contributed by atoms with Gasteiger partial charge in [-0.2, -0.15) is 0 Å². The monoisotopic (exact) mass is 349 g/mol.